The Hall–Kier alpha value is -0.730. The Morgan fingerprint density at radius 1 is 0.408 bits per heavy atom. The molecular weight excluding hydrogens is 614 g/mol. The van der Waals surface area contributed by atoms with E-state index >= 15 is 0 Å². The Balaban J connectivity index is 0. The number of carboxylic acids is 1. The normalized spacial score (nSPS) is 11.3. The van der Waals surface area contributed by atoms with Crippen LogP contribution in [0.4, 0.5) is 0 Å². The molecule has 0 aliphatic carbocycles. The molecule has 0 aliphatic rings. The molecule has 0 atom stereocenters. The first kappa shape index (κ1) is 50.4. The molecule has 0 aromatic carbocycles. The van der Waals surface area contributed by atoms with E-state index < -0.39 is 5.97 Å². The second-order valence-corrected chi connectivity index (χ2v) is 14.3. The fourth-order valence-corrected chi connectivity index (χ4v) is 6.24. The molecule has 0 heterocycles. The average molecular weight is 702 g/mol. The quantitative estimate of drug-likeness (QED) is 0.0431. The van der Waals surface area contributed by atoms with E-state index in [1.807, 2.05) is 0 Å². The van der Waals surface area contributed by atoms with Crippen molar-refractivity contribution in [1.29, 1.82) is 0 Å². The molecule has 3 N–H and O–H groups in total. The van der Waals surface area contributed by atoms with E-state index in [-0.39, 0.29) is 26.4 Å². The monoisotopic (exact) mass is 702 g/mol. The predicted octanol–water partition coefficient (Wildman–Crippen LogP) is 12.5. The zero-order chi connectivity index (χ0) is 36.1. The number of hydrogen-bond acceptors (Lipinski definition) is 6. The Bertz CT molecular complexity index is 586. The summed E-state index contributed by atoms with van der Waals surface area (Å²) in [5.41, 5.74) is 0. The highest BCUT2D eigenvalue weighted by Crippen LogP contribution is 2.16. The van der Waals surface area contributed by atoms with Crippen LogP contribution in [0.25, 0.3) is 0 Å². The maximum atomic E-state index is 10.3. The molecule has 0 aliphatic heterocycles. The van der Waals surface area contributed by atoms with Crippen molar-refractivity contribution >= 4 is 5.97 Å². The van der Waals surface area contributed by atoms with Crippen molar-refractivity contribution < 1.29 is 29.8 Å². The number of nitrogens with zero attached hydrogens (tertiary/aromatic N) is 1. The number of aliphatic hydroxyl groups excluding tert-OH is 2. The molecule has 0 spiro atoms. The number of unbranched alkanes of at least 4 members (excludes halogenated alkanes) is 31. The Morgan fingerprint density at radius 3 is 0.898 bits per heavy atom. The summed E-state index contributed by atoms with van der Waals surface area (Å²) in [6, 6.07) is 0. The van der Waals surface area contributed by atoms with Crippen LogP contribution in [0.5, 0.6) is 0 Å². The standard InChI is InChI=1S/C26H55NO4.C16H32O2/c1-2-3-4-5-6-7-8-9-10-11-12-13-14-15-16-17-18-19-20-21-22-27(30-25-23-28)31-26-24-29;1-2-3-4-5-6-7-8-9-10-11-12-13-14-15-16(17)18/h28-29H,2-26H2,1H3;2-15H2,1H3,(H,17,18). The Labute approximate surface area is 305 Å². The molecule has 49 heavy (non-hydrogen) atoms. The molecule has 7 heteroatoms. The van der Waals surface area contributed by atoms with Gasteiger partial charge in [0.1, 0.15) is 0 Å². The maximum absolute atomic E-state index is 10.3. The van der Waals surface area contributed by atoms with Crippen molar-refractivity contribution in [3.63, 3.8) is 0 Å². The van der Waals surface area contributed by atoms with Crippen LogP contribution in [0, 0.1) is 0 Å². The fourth-order valence-electron chi connectivity index (χ4n) is 6.24. The maximum Gasteiger partial charge on any atom is 0.303 e. The molecule has 0 radical (unpaired) electrons. The summed E-state index contributed by atoms with van der Waals surface area (Å²) < 4.78 is 0. The van der Waals surface area contributed by atoms with Crippen molar-refractivity contribution in [2.45, 2.75) is 232 Å². The molecule has 0 rings (SSSR count). The lowest BCUT2D eigenvalue weighted by Crippen LogP contribution is -2.28. The van der Waals surface area contributed by atoms with Gasteiger partial charge >= 0.3 is 5.97 Å². The topological polar surface area (TPSA) is 99.5 Å². The van der Waals surface area contributed by atoms with E-state index in [1.54, 1.807) is 0 Å². The first-order valence-corrected chi connectivity index (χ1v) is 21.6. The van der Waals surface area contributed by atoms with Crippen LogP contribution in [0.3, 0.4) is 0 Å². The highest BCUT2D eigenvalue weighted by molar-refractivity contribution is 5.66. The molecule has 0 saturated heterocycles. The van der Waals surface area contributed by atoms with Gasteiger partial charge in [0.05, 0.1) is 33.0 Å². The van der Waals surface area contributed by atoms with Crippen molar-refractivity contribution in [2.75, 3.05) is 33.0 Å². The van der Waals surface area contributed by atoms with E-state index in [0.29, 0.717) is 13.0 Å². The van der Waals surface area contributed by atoms with Gasteiger partial charge in [-0.3, -0.25) is 14.5 Å². The van der Waals surface area contributed by atoms with Gasteiger partial charge in [0.15, 0.2) is 0 Å². The molecule has 0 fully saturated rings. The number of carbonyl (C=O) groups is 1. The molecule has 0 amide bonds. The summed E-state index contributed by atoms with van der Waals surface area (Å²) in [4.78, 5) is 20.9. The Kier molecular flexibility index (Phi) is 48.6. The lowest BCUT2D eigenvalue weighted by atomic mass is 10.0. The van der Waals surface area contributed by atoms with E-state index in [1.165, 1.54) is 198 Å². The minimum absolute atomic E-state index is 0.0295. The van der Waals surface area contributed by atoms with Gasteiger partial charge in [-0.25, -0.2) is 0 Å². The highest BCUT2D eigenvalue weighted by Gasteiger charge is 2.05. The first-order chi connectivity index (χ1) is 24.1. The van der Waals surface area contributed by atoms with Crippen molar-refractivity contribution in [3.05, 3.63) is 0 Å². The molecule has 0 saturated carbocycles. The summed E-state index contributed by atoms with van der Waals surface area (Å²) >= 11 is 0. The second kappa shape index (κ2) is 47.3. The van der Waals surface area contributed by atoms with Gasteiger partial charge in [0, 0.05) is 6.42 Å². The molecule has 7 nitrogen and oxygen atoms in total. The third-order valence-electron chi connectivity index (χ3n) is 9.34. The van der Waals surface area contributed by atoms with Crippen molar-refractivity contribution in [3.8, 4) is 0 Å². The molecule has 296 valence electrons. The number of hydroxylamine groups is 2. The van der Waals surface area contributed by atoms with Gasteiger partial charge < -0.3 is 15.3 Å². The minimum atomic E-state index is -0.655. The number of aliphatic carboxylic acids is 1. The highest BCUT2D eigenvalue weighted by atomic mass is 16.9. The van der Waals surface area contributed by atoms with Crippen LogP contribution in [-0.2, 0) is 14.5 Å². The van der Waals surface area contributed by atoms with Gasteiger partial charge in [-0.15, -0.1) is 0 Å². The SMILES string of the molecule is CCCCCCCCCCCCCCCC(=O)O.CCCCCCCCCCCCCCCCCCCCCCN(OCCO)OCCO. The summed E-state index contributed by atoms with van der Waals surface area (Å²) in [5.74, 6) is -0.655. The zero-order valence-electron chi connectivity index (χ0n) is 33.1. The van der Waals surface area contributed by atoms with E-state index in [9.17, 15) is 4.79 Å². The van der Waals surface area contributed by atoms with Gasteiger partial charge in [-0.1, -0.05) is 218 Å². The average Bonchev–Trinajstić information content (AvgIpc) is 3.10. The second-order valence-electron chi connectivity index (χ2n) is 14.3. The van der Waals surface area contributed by atoms with Gasteiger partial charge in [-0.05, 0) is 12.8 Å². The fraction of sp³-hybridized carbons (Fsp3) is 0.976. The van der Waals surface area contributed by atoms with E-state index in [0.717, 1.165) is 19.3 Å². The molecular formula is C42H87NO6. The smallest absolute Gasteiger partial charge is 0.303 e. The summed E-state index contributed by atoms with van der Waals surface area (Å²) in [5, 5.41) is 27.5. The van der Waals surface area contributed by atoms with Gasteiger partial charge in [0.2, 0.25) is 0 Å². The van der Waals surface area contributed by atoms with Crippen LogP contribution >= 0.6 is 0 Å². The lowest BCUT2D eigenvalue weighted by molar-refractivity contribution is -0.371. The number of rotatable bonds is 41. The molecule has 0 unspecified atom stereocenters. The Morgan fingerprint density at radius 2 is 0.653 bits per heavy atom. The number of aliphatic hydroxyl groups is 2. The number of hydrogen-bond donors (Lipinski definition) is 3. The number of carboxylic acid groups (broad SMARTS) is 1. The van der Waals surface area contributed by atoms with Crippen LogP contribution in [-0.4, -0.2) is 59.5 Å². The largest absolute Gasteiger partial charge is 0.481 e. The summed E-state index contributed by atoms with van der Waals surface area (Å²) in [7, 11) is 0. The molecule has 0 aromatic rings. The summed E-state index contributed by atoms with van der Waals surface area (Å²) in [6.07, 6.45) is 44.8. The minimum Gasteiger partial charge on any atom is -0.481 e. The van der Waals surface area contributed by atoms with E-state index in [4.69, 9.17) is 25.0 Å². The van der Waals surface area contributed by atoms with Gasteiger partial charge in [-0.2, -0.15) is 0 Å². The van der Waals surface area contributed by atoms with Crippen LogP contribution in [0.15, 0.2) is 0 Å². The summed E-state index contributed by atoms with van der Waals surface area (Å²) in [6.45, 7) is 5.62. The third kappa shape index (κ3) is 49.4. The predicted molar refractivity (Wildman–Crippen MR) is 209 cm³/mol. The lowest BCUT2D eigenvalue weighted by Gasteiger charge is -2.20. The van der Waals surface area contributed by atoms with Crippen LogP contribution < -0.4 is 0 Å². The van der Waals surface area contributed by atoms with Crippen LogP contribution in [0.1, 0.15) is 232 Å². The first-order valence-electron chi connectivity index (χ1n) is 21.6. The molecule has 0 aromatic heterocycles. The van der Waals surface area contributed by atoms with E-state index in [2.05, 4.69) is 13.8 Å². The molecule has 0 bridgehead atoms. The van der Waals surface area contributed by atoms with Crippen LogP contribution in [0.2, 0.25) is 0 Å². The third-order valence-corrected chi connectivity index (χ3v) is 9.34. The van der Waals surface area contributed by atoms with Crippen molar-refractivity contribution in [1.82, 2.24) is 5.23 Å². The van der Waals surface area contributed by atoms with Gasteiger partial charge in [0.25, 0.3) is 0 Å². The zero-order valence-corrected chi connectivity index (χ0v) is 33.1. The van der Waals surface area contributed by atoms with Crippen molar-refractivity contribution in [2.24, 2.45) is 0 Å².